The highest BCUT2D eigenvalue weighted by Gasteiger charge is 2.31. The van der Waals surface area contributed by atoms with E-state index in [1.54, 1.807) is 18.7 Å². The maximum Gasteiger partial charge on any atom is 0.305 e. The van der Waals surface area contributed by atoms with Crippen molar-refractivity contribution in [1.82, 2.24) is 9.78 Å². The van der Waals surface area contributed by atoms with Gasteiger partial charge in [0.1, 0.15) is 17.5 Å². The van der Waals surface area contributed by atoms with Crippen LogP contribution in [0.3, 0.4) is 0 Å². The molecule has 1 aromatic heterocycles. The van der Waals surface area contributed by atoms with Gasteiger partial charge in [-0.15, -0.1) is 0 Å². The van der Waals surface area contributed by atoms with Crippen LogP contribution in [0.25, 0.3) is 0 Å². The predicted octanol–water partition coefficient (Wildman–Crippen LogP) is 1.04. The van der Waals surface area contributed by atoms with E-state index in [9.17, 15) is 10.1 Å². The Labute approximate surface area is 105 Å². The van der Waals surface area contributed by atoms with Crippen molar-refractivity contribution in [2.45, 2.75) is 32.2 Å². The summed E-state index contributed by atoms with van der Waals surface area (Å²) in [6.07, 6.45) is 1.91. The van der Waals surface area contributed by atoms with Crippen molar-refractivity contribution in [3.05, 3.63) is 11.3 Å². The highest BCUT2D eigenvalue weighted by molar-refractivity contribution is 5.69. The van der Waals surface area contributed by atoms with Crippen LogP contribution in [0.4, 0.5) is 5.82 Å². The first kappa shape index (κ1) is 12.4. The first-order valence-electron chi connectivity index (χ1n) is 5.96. The number of aromatic nitrogens is 2. The second-order valence-corrected chi connectivity index (χ2v) is 4.61. The number of hydrogen-bond donors (Lipinski definition) is 1. The maximum absolute atomic E-state index is 10.9. The molecule has 1 aliphatic heterocycles. The zero-order valence-corrected chi connectivity index (χ0v) is 10.6. The van der Waals surface area contributed by atoms with E-state index in [2.05, 4.69) is 11.2 Å². The van der Waals surface area contributed by atoms with Gasteiger partial charge in [0.25, 0.3) is 0 Å². The Morgan fingerprint density at radius 1 is 1.67 bits per heavy atom. The third kappa shape index (κ3) is 2.04. The first-order chi connectivity index (χ1) is 8.54. The number of nitriles is 1. The van der Waals surface area contributed by atoms with Gasteiger partial charge in [-0.25, -0.2) is 0 Å². The van der Waals surface area contributed by atoms with Gasteiger partial charge in [0.2, 0.25) is 0 Å². The number of aliphatic carboxylic acids is 1. The van der Waals surface area contributed by atoms with Crippen LogP contribution in [0.15, 0.2) is 0 Å². The third-order valence-corrected chi connectivity index (χ3v) is 3.36. The normalized spacial score (nSPS) is 18.9. The van der Waals surface area contributed by atoms with E-state index < -0.39 is 5.97 Å². The van der Waals surface area contributed by atoms with Gasteiger partial charge in [-0.2, -0.15) is 10.4 Å². The quantitative estimate of drug-likeness (QED) is 0.864. The lowest BCUT2D eigenvalue weighted by molar-refractivity contribution is -0.137. The van der Waals surface area contributed by atoms with Gasteiger partial charge in [0.15, 0.2) is 0 Å². The molecule has 0 aliphatic carbocycles. The van der Waals surface area contributed by atoms with Crippen LogP contribution in [0.1, 0.15) is 30.5 Å². The Hall–Kier alpha value is -2.03. The minimum absolute atomic E-state index is 0.0376. The number of carboxylic acid groups (broad SMARTS) is 1. The maximum atomic E-state index is 10.9. The van der Waals surface area contributed by atoms with E-state index in [1.165, 1.54) is 0 Å². The largest absolute Gasteiger partial charge is 0.481 e. The fraction of sp³-hybridized carbons (Fsp3) is 0.583. The molecule has 1 aromatic rings. The SMILES string of the molecule is Cc1nn(C)c(N2CCCC2CC(=O)O)c1C#N. The van der Waals surface area contributed by atoms with Gasteiger partial charge in [0.05, 0.1) is 12.1 Å². The summed E-state index contributed by atoms with van der Waals surface area (Å²) in [5.41, 5.74) is 1.24. The molecule has 96 valence electrons. The zero-order valence-electron chi connectivity index (χ0n) is 10.6. The lowest BCUT2D eigenvalue weighted by Gasteiger charge is -2.25. The number of anilines is 1. The Bertz CT molecular complexity index is 515. The fourth-order valence-corrected chi connectivity index (χ4v) is 2.63. The van der Waals surface area contributed by atoms with Crippen molar-refractivity contribution >= 4 is 11.8 Å². The van der Waals surface area contributed by atoms with Crippen molar-refractivity contribution in [1.29, 1.82) is 5.26 Å². The number of rotatable bonds is 3. The number of aryl methyl sites for hydroxylation is 2. The molecule has 0 bridgehead atoms. The van der Waals surface area contributed by atoms with Gasteiger partial charge in [0, 0.05) is 19.6 Å². The molecule has 1 unspecified atom stereocenters. The number of nitrogens with zero attached hydrogens (tertiary/aromatic N) is 4. The first-order valence-corrected chi connectivity index (χ1v) is 5.96. The molecule has 18 heavy (non-hydrogen) atoms. The highest BCUT2D eigenvalue weighted by atomic mass is 16.4. The van der Waals surface area contributed by atoms with Gasteiger partial charge in [-0.05, 0) is 19.8 Å². The summed E-state index contributed by atoms with van der Waals surface area (Å²) in [6, 6.07) is 2.13. The minimum Gasteiger partial charge on any atom is -0.481 e. The monoisotopic (exact) mass is 248 g/mol. The Morgan fingerprint density at radius 2 is 2.39 bits per heavy atom. The van der Waals surface area contributed by atoms with Crippen LogP contribution < -0.4 is 4.90 Å². The molecular weight excluding hydrogens is 232 g/mol. The zero-order chi connectivity index (χ0) is 13.3. The average molecular weight is 248 g/mol. The molecule has 6 nitrogen and oxygen atoms in total. The number of hydrogen-bond acceptors (Lipinski definition) is 4. The Kier molecular flexibility index (Phi) is 3.24. The fourth-order valence-electron chi connectivity index (χ4n) is 2.63. The van der Waals surface area contributed by atoms with Crippen molar-refractivity contribution in [3.8, 4) is 6.07 Å². The van der Waals surface area contributed by atoms with Crippen LogP contribution in [0.5, 0.6) is 0 Å². The van der Waals surface area contributed by atoms with Gasteiger partial charge < -0.3 is 10.0 Å². The molecule has 0 aromatic carbocycles. The second-order valence-electron chi connectivity index (χ2n) is 4.61. The summed E-state index contributed by atoms with van der Waals surface area (Å²) in [7, 11) is 1.79. The van der Waals surface area contributed by atoms with Crippen LogP contribution in [-0.2, 0) is 11.8 Å². The molecule has 1 N–H and O–H groups in total. The van der Waals surface area contributed by atoms with Gasteiger partial charge in [-0.3, -0.25) is 9.48 Å². The molecule has 1 aliphatic rings. The lowest BCUT2D eigenvalue weighted by atomic mass is 10.1. The number of carboxylic acids is 1. The van der Waals surface area contributed by atoms with E-state index in [1.807, 2.05) is 4.90 Å². The van der Waals surface area contributed by atoms with Crippen molar-refractivity contribution in [2.75, 3.05) is 11.4 Å². The summed E-state index contributed by atoms with van der Waals surface area (Å²) >= 11 is 0. The minimum atomic E-state index is -0.802. The topological polar surface area (TPSA) is 82.2 Å². The van der Waals surface area contributed by atoms with E-state index in [0.29, 0.717) is 11.3 Å². The van der Waals surface area contributed by atoms with Gasteiger partial charge in [-0.1, -0.05) is 0 Å². The third-order valence-electron chi connectivity index (χ3n) is 3.36. The van der Waals surface area contributed by atoms with E-state index >= 15 is 0 Å². The van der Waals surface area contributed by atoms with E-state index in [-0.39, 0.29) is 12.5 Å². The summed E-state index contributed by atoms with van der Waals surface area (Å²) in [4.78, 5) is 12.9. The Balaban J connectivity index is 2.36. The summed E-state index contributed by atoms with van der Waals surface area (Å²) in [6.45, 7) is 2.58. The van der Waals surface area contributed by atoms with E-state index in [4.69, 9.17) is 5.11 Å². The average Bonchev–Trinajstić information content (AvgIpc) is 2.81. The summed E-state index contributed by atoms with van der Waals surface area (Å²) < 4.78 is 1.67. The highest BCUT2D eigenvalue weighted by Crippen LogP contribution is 2.30. The van der Waals surface area contributed by atoms with Crippen LogP contribution in [-0.4, -0.2) is 33.4 Å². The Morgan fingerprint density at radius 3 is 3.00 bits per heavy atom. The molecule has 0 saturated carbocycles. The molecule has 1 saturated heterocycles. The molecule has 0 spiro atoms. The lowest BCUT2D eigenvalue weighted by Crippen LogP contribution is -2.33. The number of carbonyl (C=O) groups is 1. The summed E-state index contributed by atoms with van der Waals surface area (Å²) in [5.74, 6) is -0.0527. The van der Waals surface area contributed by atoms with Crippen molar-refractivity contribution in [3.63, 3.8) is 0 Å². The predicted molar refractivity (Wildman–Crippen MR) is 65.3 cm³/mol. The van der Waals surface area contributed by atoms with Crippen molar-refractivity contribution in [2.24, 2.45) is 7.05 Å². The van der Waals surface area contributed by atoms with E-state index in [0.717, 1.165) is 25.2 Å². The molecule has 0 amide bonds. The molecule has 2 heterocycles. The van der Waals surface area contributed by atoms with Crippen LogP contribution >= 0.6 is 0 Å². The van der Waals surface area contributed by atoms with Crippen LogP contribution in [0.2, 0.25) is 0 Å². The summed E-state index contributed by atoms with van der Waals surface area (Å²) in [5, 5.41) is 22.4. The molecule has 1 atom stereocenters. The molecule has 0 radical (unpaired) electrons. The van der Waals surface area contributed by atoms with Crippen molar-refractivity contribution < 1.29 is 9.90 Å². The second kappa shape index (κ2) is 4.69. The van der Waals surface area contributed by atoms with Gasteiger partial charge >= 0.3 is 5.97 Å². The molecule has 2 rings (SSSR count). The molecule has 6 heteroatoms. The molecule has 1 fully saturated rings. The van der Waals surface area contributed by atoms with Crippen LogP contribution in [0, 0.1) is 18.3 Å². The molecular formula is C12H16N4O2. The smallest absolute Gasteiger partial charge is 0.305 e. The standard InChI is InChI=1S/C12H16N4O2/c1-8-10(7-13)12(15(2)14-8)16-5-3-4-9(16)6-11(17)18/h9H,3-6H2,1-2H3,(H,17,18).